The summed E-state index contributed by atoms with van der Waals surface area (Å²) in [6, 6.07) is 15.4. The Bertz CT molecular complexity index is 610. The Kier molecular flexibility index (Phi) is 5.28. The van der Waals surface area contributed by atoms with E-state index in [9.17, 15) is 4.79 Å². The molecule has 1 amide bonds. The average Bonchev–Trinajstić information content (AvgIpc) is 2.46. The lowest BCUT2D eigenvalue weighted by molar-refractivity contribution is -0.115. The van der Waals surface area contributed by atoms with Crippen LogP contribution in [-0.4, -0.2) is 11.2 Å². The van der Waals surface area contributed by atoms with Crippen LogP contribution in [0.2, 0.25) is 0 Å². The summed E-state index contributed by atoms with van der Waals surface area (Å²) >= 11 is 1.56. The van der Waals surface area contributed by atoms with Crippen LogP contribution in [0.4, 0.5) is 11.4 Å². The maximum absolute atomic E-state index is 12.4. The van der Waals surface area contributed by atoms with E-state index >= 15 is 0 Å². The van der Waals surface area contributed by atoms with Crippen molar-refractivity contribution in [2.45, 2.75) is 30.4 Å². The zero-order chi connectivity index (χ0) is 15.2. The lowest BCUT2D eigenvalue weighted by Crippen LogP contribution is -2.24. The molecule has 2 aromatic rings. The molecule has 0 heterocycles. The van der Waals surface area contributed by atoms with Gasteiger partial charge in [0.1, 0.15) is 0 Å². The van der Waals surface area contributed by atoms with Gasteiger partial charge in [-0.3, -0.25) is 4.79 Å². The highest BCUT2D eigenvalue weighted by Gasteiger charge is 2.18. The monoisotopic (exact) mass is 300 g/mol. The number of carbonyl (C=O) groups excluding carboxylic acids is 1. The second-order valence-electron chi connectivity index (χ2n) is 4.94. The van der Waals surface area contributed by atoms with Gasteiger partial charge >= 0.3 is 0 Å². The SMILES string of the molecule is CCC(Sc1ccc(N)cc1)C(=O)Nc1cccc(C)c1. The molecule has 0 aliphatic carbocycles. The number of anilines is 2. The summed E-state index contributed by atoms with van der Waals surface area (Å²) in [7, 11) is 0. The van der Waals surface area contributed by atoms with Gasteiger partial charge in [0.05, 0.1) is 5.25 Å². The molecular weight excluding hydrogens is 280 g/mol. The van der Waals surface area contributed by atoms with Gasteiger partial charge in [-0.05, 0) is 55.3 Å². The smallest absolute Gasteiger partial charge is 0.237 e. The highest BCUT2D eigenvalue weighted by molar-refractivity contribution is 8.00. The van der Waals surface area contributed by atoms with Crippen molar-refractivity contribution in [2.24, 2.45) is 0 Å². The molecule has 0 saturated carbocycles. The van der Waals surface area contributed by atoms with Crippen LogP contribution in [-0.2, 0) is 4.79 Å². The third kappa shape index (κ3) is 4.53. The first-order valence-electron chi connectivity index (χ1n) is 6.98. The van der Waals surface area contributed by atoms with Crippen LogP contribution in [0.1, 0.15) is 18.9 Å². The number of hydrogen-bond donors (Lipinski definition) is 2. The molecule has 110 valence electrons. The fourth-order valence-electron chi connectivity index (χ4n) is 1.98. The first-order valence-corrected chi connectivity index (χ1v) is 7.86. The minimum Gasteiger partial charge on any atom is -0.399 e. The molecule has 0 saturated heterocycles. The predicted octanol–water partition coefficient (Wildman–Crippen LogP) is 4.09. The number of benzene rings is 2. The van der Waals surface area contributed by atoms with Crippen molar-refractivity contribution in [3.8, 4) is 0 Å². The molecule has 0 aliphatic rings. The van der Waals surface area contributed by atoms with E-state index in [4.69, 9.17) is 5.73 Å². The summed E-state index contributed by atoms with van der Waals surface area (Å²) < 4.78 is 0. The molecule has 0 aliphatic heterocycles. The second-order valence-corrected chi connectivity index (χ2v) is 6.22. The van der Waals surface area contributed by atoms with Crippen molar-refractivity contribution < 1.29 is 4.79 Å². The third-order valence-corrected chi connectivity index (χ3v) is 4.48. The number of nitrogens with two attached hydrogens (primary N) is 1. The van der Waals surface area contributed by atoms with E-state index in [0.717, 1.165) is 28.3 Å². The Morgan fingerprint density at radius 1 is 1.24 bits per heavy atom. The lowest BCUT2D eigenvalue weighted by Gasteiger charge is -2.15. The Morgan fingerprint density at radius 2 is 1.95 bits per heavy atom. The summed E-state index contributed by atoms with van der Waals surface area (Å²) in [5.74, 6) is 0.0323. The van der Waals surface area contributed by atoms with Gasteiger partial charge in [-0.15, -0.1) is 11.8 Å². The van der Waals surface area contributed by atoms with Gasteiger partial charge < -0.3 is 11.1 Å². The molecule has 0 bridgehead atoms. The van der Waals surface area contributed by atoms with E-state index in [-0.39, 0.29) is 11.2 Å². The first kappa shape index (κ1) is 15.4. The Hall–Kier alpha value is -1.94. The van der Waals surface area contributed by atoms with Crippen LogP contribution >= 0.6 is 11.8 Å². The summed E-state index contributed by atoms with van der Waals surface area (Å²) in [6.45, 7) is 4.03. The van der Waals surface area contributed by atoms with Gasteiger partial charge in [0, 0.05) is 16.3 Å². The van der Waals surface area contributed by atoms with Crippen LogP contribution in [0.25, 0.3) is 0 Å². The number of hydrogen-bond acceptors (Lipinski definition) is 3. The molecule has 0 aromatic heterocycles. The molecule has 21 heavy (non-hydrogen) atoms. The van der Waals surface area contributed by atoms with E-state index in [0.29, 0.717) is 0 Å². The highest BCUT2D eigenvalue weighted by atomic mass is 32.2. The number of amides is 1. The quantitative estimate of drug-likeness (QED) is 0.646. The summed E-state index contributed by atoms with van der Waals surface area (Å²) in [6.07, 6.45) is 0.771. The minimum absolute atomic E-state index is 0.0323. The predicted molar refractivity (Wildman–Crippen MR) is 90.6 cm³/mol. The molecule has 0 radical (unpaired) electrons. The van der Waals surface area contributed by atoms with E-state index in [2.05, 4.69) is 5.32 Å². The molecule has 0 spiro atoms. The van der Waals surface area contributed by atoms with Crippen molar-refractivity contribution in [3.05, 3.63) is 54.1 Å². The zero-order valence-electron chi connectivity index (χ0n) is 12.3. The van der Waals surface area contributed by atoms with E-state index < -0.39 is 0 Å². The number of aryl methyl sites for hydroxylation is 1. The van der Waals surface area contributed by atoms with Crippen LogP contribution in [0.5, 0.6) is 0 Å². The molecule has 2 rings (SSSR count). The van der Waals surface area contributed by atoms with Crippen molar-refractivity contribution in [1.29, 1.82) is 0 Å². The van der Waals surface area contributed by atoms with Crippen LogP contribution < -0.4 is 11.1 Å². The molecule has 2 aromatic carbocycles. The number of nitrogen functional groups attached to an aromatic ring is 1. The van der Waals surface area contributed by atoms with Crippen molar-refractivity contribution in [3.63, 3.8) is 0 Å². The summed E-state index contributed by atoms with van der Waals surface area (Å²) in [5, 5.41) is 2.86. The van der Waals surface area contributed by atoms with E-state index in [1.54, 1.807) is 11.8 Å². The number of rotatable bonds is 5. The van der Waals surface area contributed by atoms with Gasteiger partial charge in [-0.25, -0.2) is 0 Å². The fourth-order valence-corrected chi connectivity index (χ4v) is 2.93. The largest absolute Gasteiger partial charge is 0.399 e. The van der Waals surface area contributed by atoms with Gasteiger partial charge in [0.25, 0.3) is 0 Å². The van der Waals surface area contributed by atoms with Crippen molar-refractivity contribution in [2.75, 3.05) is 11.1 Å². The van der Waals surface area contributed by atoms with E-state index in [1.807, 2.05) is 62.4 Å². The molecular formula is C17H20N2OS. The fraction of sp³-hybridized carbons (Fsp3) is 0.235. The summed E-state index contributed by atoms with van der Waals surface area (Å²) in [5.41, 5.74) is 8.39. The Balaban J connectivity index is 2.03. The third-order valence-electron chi connectivity index (χ3n) is 3.11. The van der Waals surface area contributed by atoms with Gasteiger partial charge in [-0.2, -0.15) is 0 Å². The topological polar surface area (TPSA) is 55.1 Å². The lowest BCUT2D eigenvalue weighted by atomic mass is 10.2. The normalized spacial score (nSPS) is 11.9. The second kappa shape index (κ2) is 7.18. The highest BCUT2D eigenvalue weighted by Crippen LogP contribution is 2.27. The number of nitrogens with one attached hydrogen (secondary N) is 1. The molecule has 1 atom stereocenters. The standard InChI is InChI=1S/C17H20N2OS/c1-3-16(21-15-9-7-13(18)8-10-15)17(20)19-14-6-4-5-12(2)11-14/h4-11,16H,3,18H2,1-2H3,(H,19,20). The van der Waals surface area contributed by atoms with Crippen molar-refractivity contribution in [1.82, 2.24) is 0 Å². The Labute approximate surface area is 129 Å². The van der Waals surface area contributed by atoms with Gasteiger partial charge in [0.2, 0.25) is 5.91 Å². The zero-order valence-corrected chi connectivity index (χ0v) is 13.1. The maximum atomic E-state index is 12.4. The molecule has 4 heteroatoms. The molecule has 0 fully saturated rings. The minimum atomic E-state index is -0.117. The Morgan fingerprint density at radius 3 is 2.57 bits per heavy atom. The maximum Gasteiger partial charge on any atom is 0.237 e. The summed E-state index contributed by atoms with van der Waals surface area (Å²) in [4.78, 5) is 13.4. The van der Waals surface area contributed by atoms with Crippen molar-refractivity contribution >= 4 is 29.0 Å². The molecule has 3 nitrogen and oxygen atoms in total. The van der Waals surface area contributed by atoms with Crippen LogP contribution in [0.3, 0.4) is 0 Å². The van der Waals surface area contributed by atoms with Gasteiger partial charge in [-0.1, -0.05) is 19.1 Å². The van der Waals surface area contributed by atoms with Crippen LogP contribution in [0.15, 0.2) is 53.4 Å². The van der Waals surface area contributed by atoms with Crippen LogP contribution in [0, 0.1) is 6.92 Å². The number of carbonyl (C=O) groups is 1. The molecule has 1 unspecified atom stereocenters. The van der Waals surface area contributed by atoms with Gasteiger partial charge in [0.15, 0.2) is 0 Å². The van der Waals surface area contributed by atoms with E-state index in [1.165, 1.54) is 0 Å². The number of thioether (sulfide) groups is 1. The first-order chi connectivity index (χ1) is 10.1. The average molecular weight is 300 g/mol. The molecule has 3 N–H and O–H groups in total.